The normalized spacial score (nSPS) is 19.2. The van der Waals surface area contributed by atoms with E-state index >= 15 is 0 Å². The molecule has 0 radical (unpaired) electrons. The number of rotatable bonds is 2. The molecule has 0 N–H and O–H groups in total. The summed E-state index contributed by atoms with van der Waals surface area (Å²) >= 11 is 0. The number of nitrogens with zero attached hydrogens (tertiary/aromatic N) is 1. The maximum Gasteiger partial charge on any atom is 0.0440 e. The first-order valence-electron chi connectivity index (χ1n) is 6.72. The fourth-order valence-corrected chi connectivity index (χ4v) is 2.08. The summed E-state index contributed by atoms with van der Waals surface area (Å²) < 4.78 is 0. The molecule has 1 aromatic rings. The topological polar surface area (TPSA) is 3.24 Å². The second-order valence-corrected chi connectivity index (χ2v) is 4.14. The quantitative estimate of drug-likeness (QED) is 0.728. The molecule has 2 rings (SSSR count). The van der Waals surface area contributed by atoms with Crippen molar-refractivity contribution >= 4 is 11.8 Å². The third-order valence-corrected chi connectivity index (χ3v) is 3.04. The SMILES string of the molecule is C=CC1=C(\C=C)CN(C)c2ccccc2/C=C\1.CC. The van der Waals surface area contributed by atoms with Crippen LogP contribution in [0.1, 0.15) is 19.4 Å². The molecule has 1 heterocycles. The lowest BCUT2D eigenvalue weighted by Crippen LogP contribution is -2.21. The number of benzene rings is 1. The molecule has 19 heavy (non-hydrogen) atoms. The number of likely N-dealkylation sites (N-methyl/N-ethyl adjacent to an activating group) is 1. The van der Waals surface area contributed by atoms with Crippen molar-refractivity contribution in [1.29, 1.82) is 0 Å². The summed E-state index contributed by atoms with van der Waals surface area (Å²) in [6.45, 7) is 12.6. The highest BCUT2D eigenvalue weighted by atomic mass is 15.1. The summed E-state index contributed by atoms with van der Waals surface area (Å²) in [5, 5.41) is 0. The second-order valence-electron chi connectivity index (χ2n) is 4.14. The van der Waals surface area contributed by atoms with Gasteiger partial charge in [0.2, 0.25) is 0 Å². The Bertz CT molecular complexity index is 506. The van der Waals surface area contributed by atoms with Crippen LogP contribution < -0.4 is 4.90 Å². The van der Waals surface area contributed by atoms with Crippen molar-refractivity contribution in [3.63, 3.8) is 0 Å². The monoisotopic (exact) mass is 253 g/mol. The van der Waals surface area contributed by atoms with Gasteiger partial charge >= 0.3 is 0 Å². The van der Waals surface area contributed by atoms with Crippen LogP contribution in [0, 0.1) is 0 Å². The highest BCUT2D eigenvalue weighted by Gasteiger charge is 2.10. The molecular weight excluding hydrogens is 230 g/mol. The Labute approximate surface area is 117 Å². The van der Waals surface area contributed by atoms with Gasteiger partial charge in [0.05, 0.1) is 0 Å². The van der Waals surface area contributed by atoms with E-state index in [2.05, 4.69) is 61.5 Å². The molecule has 0 unspecified atom stereocenters. The molecule has 1 aromatic carbocycles. The van der Waals surface area contributed by atoms with Crippen molar-refractivity contribution in [2.24, 2.45) is 0 Å². The van der Waals surface area contributed by atoms with E-state index < -0.39 is 0 Å². The van der Waals surface area contributed by atoms with Gasteiger partial charge in [-0.05, 0) is 22.8 Å². The Hall–Kier alpha value is -2.02. The van der Waals surface area contributed by atoms with Crippen LogP contribution in [0.25, 0.3) is 6.08 Å². The van der Waals surface area contributed by atoms with Crippen molar-refractivity contribution in [2.45, 2.75) is 13.8 Å². The summed E-state index contributed by atoms with van der Waals surface area (Å²) in [4.78, 5) is 2.24. The van der Waals surface area contributed by atoms with Crippen LogP contribution in [0.2, 0.25) is 0 Å². The van der Waals surface area contributed by atoms with Gasteiger partial charge in [-0.3, -0.25) is 0 Å². The van der Waals surface area contributed by atoms with E-state index in [-0.39, 0.29) is 0 Å². The molecule has 0 atom stereocenters. The minimum absolute atomic E-state index is 0.853. The predicted octanol–water partition coefficient (Wildman–Crippen LogP) is 4.84. The molecular formula is C18H23N. The fourth-order valence-electron chi connectivity index (χ4n) is 2.08. The lowest BCUT2D eigenvalue weighted by molar-refractivity contribution is 0.993. The van der Waals surface area contributed by atoms with Crippen LogP contribution in [-0.2, 0) is 0 Å². The van der Waals surface area contributed by atoms with Gasteiger partial charge in [-0.25, -0.2) is 0 Å². The number of hydrogen-bond donors (Lipinski definition) is 0. The Kier molecular flexibility index (Phi) is 5.87. The third-order valence-electron chi connectivity index (χ3n) is 3.04. The third kappa shape index (κ3) is 3.47. The molecule has 0 saturated heterocycles. The molecule has 0 fully saturated rings. The van der Waals surface area contributed by atoms with Crippen molar-refractivity contribution in [3.8, 4) is 0 Å². The van der Waals surface area contributed by atoms with Crippen LogP contribution in [0.5, 0.6) is 0 Å². The standard InChI is InChI=1S/C16H17N.C2H6/c1-4-13-10-11-15-8-6-7-9-16(15)17(3)12-14(13)5-2;1-2/h4-11H,1-2,12H2,3H3;1-2H3/b11-10-,14-13-;. The van der Waals surface area contributed by atoms with E-state index in [1.165, 1.54) is 16.8 Å². The molecule has 0 aliphatic carbocycles. The van der Waals surface area contributed by atoms with Gasteiger partial charge < -0.3 is 4.90 Å². The largest absolute Gasteiger partial charge is 0.370 e. The minimum atomic E-state index is 0.853. The maximum atomic E-state index is 3.88. The van der Waals surface area contributed by atoms with Crippen molar-refractivity contribution < 1.29 is 0 Å². The number of para-hydroxylation sites is 1. The number of allylic oxidation sites excluding steroid dienone is 3. The minimum Gasteiger partial charge on any atom is -0.370 e. The van der Waals surface area contributed by atoms with Gasteiger partial charge in [0.15, 0.2) is 0 Å². The average Bonchev–Trinajstić information content (AvgIpc) is 2.47. The van der Waals surface area contributed by atoms with Crippen molar-refractivity contribution in [3.05, 3.63) is 72.4 Å². The average molecular weight is 253 g/mol. The van der Waals surface area contributed by atoms with E-state index in [9.17, 15) is 0 Å². The molecule has 0 amide bonds. The summed E-state index contributed by atoms with van der Waals surface area (Å²) in [6, 6.07) is 8.39. The first kappa shape index (κ1) is 15.0. The van der Waals surface area contributed by atoms with E-state index in [0.717, 1.165) is 12.1 Å². The van der Waals surface area contributed by atoms with Crippen LogP contribution in [0.15, 0.2) is 66.8 Å². The Morgan fingerprint density at radius 2 is 1.74 bits per heavy atom. The first-order valence-corrected chi connectivity index (χ1v) is 6.72. The first-order chi connectivity index (χ1) is 9.26. The zero-order valence-corrected chi connectivity index (χ0v) is 12.2. The van der Waals surface area contributed by atoms with Gasteiger partial charge in [0, 0.05) is 19.3 Å². The molecule has 0 bridgehead atoms. The van der Waals surface area contributed by atoms with Crippen molar-refractivity contribution in [2.75, 3.05) is 18.5 Å². The summed E-state index contributed by atoms with van der Waals surface area (Å²) in [6.07, 6.45) is 8.03. The van der Waals surface area contributed by atoms with Crippen LogP contribution in [0.4, 0.5) is 5.69 Å². The van der Waals surface area contributed by atoms with Gasteiger partial charge in [0.25, 0.3) is 0 Å². The fraction of sp³-hybridized carbons (Fsp3) is 0.222. The van der Waals surface area contributed by atoms with E-state index in [4.69, 9.17) is 0 Å². The Morgan fingerprint density at radius 3 is 2.37 bits per heavy atom. The smallest absolute Gasteiger partial charge is 0.0440 e. The lowest BCUT2D eigenvalue weighted by atomic mass is 10.0. The molecule has 0 aromatic heterocycles. The van der Waals surface area contributed by atoms with Crippen LogP contribution in [0.3, 0.4) is 0 Å². The number of anilines is 1. The Balaban J connectivity index is 0.000000861. The number of fused-ring (bicyclic) bond motifs is 1. The Morgan fingerprint density at radius 1 is 1.05 bits per heavy atom. The molecule has 1 heteroatoms. The molecule has 0 spiro atoms. The molecule has 1 aliphatic heterocycles. The molecule has 1 nitrogen and oxygen atoms in total. The van der Waals surface area contributed by atoms with Gasteiger partial charge in [-0.15, -0.1) is 0 Å². The van der Waals surface area contributed by atoms with Gasteiger partial charge in [-0.1, -0.05) is 69.5 Å². The predicted molar refractivity (Wildman–Crippen MR) is 87.5 cm³/mol. The van der Waals surface area contributed by atoms with Gasteiger partial charge in [0.1, 0.15) is 0 Å². The lowest BCUT2D eigenvalue weighted by Gasteiger charge is -2.24. The molecule has 1 aliphatic rings. The van der Waals surface area contributed by atoms with E-state index in [0.29, 0.717) is 0 Å². The van der Waals surface area contributed by atoms with E-state index in [1.807, 2.05) is 26.0 Å². The summed E-state index contributed by atoms with van der Waals surface area (Å²) in [5.41, 5.74) is 4.82. The zero-order valence-electron chi connectivity index (χ0n) is 12.2. The van der Waals surface area contributed by atoms with Gasteiger partial charge in [-0.2, -0.15) is 0 Å². The molecule has 0 saturated carbocycles. The van der Waals surface area contributed by atoms with E-state index in [1.54, 1.807) is 0 Å². The van der Waals surface area contributed by atoms with Crippen molar-refractivity contribution in [1.82, 2.24) is 0 Å². The number of hydrogen-bond acceptors (Lipinski definition) is 1. The van der Waals surface area contributed by atoms with Crippen LogP contribution >= 0.6 is 0 Å². The summed E-state index contributed by atoms with van der Waals surface area (Å²) in [7, 11) is 2.10. The highest BCUT2D eigenvalue weighted by Crippen LogP contribution is 2.25. The second kappa shape index (κ2) is 7.42. The molecule has 100 valence electrons. The maximum absolute atomic E-state index is 3.88. The van der Waals surface area contributed by atoms with Crippen LogP contribution in [-0.4, -0.2) is 13.6 Å². The summed E-state index contributed by atoms with van der Waals surface area (Å²) in [5.74, 6) is 0. The highest BCUT2D eigenvalue weighted by molar-refractivity contribution is 5.71. The zero-order chi connectivity index (χ0) is 14.3.